The number of esters is 2. The normalized spacial score (nSPS) is 10.8. The van der Waals surface area contributed by atoms with Crippen LogP contribution < -0.4 is 19.3 Å². The quantitative estimate of drug-likeness (QED) is 0.0749. The molecule has 6 rings (SSSR count). The van der Waals surface area contributed by atoms with Crippen LogP contribution in [0.15, 0.2) is 147 Å². The van der Waals surface area contributed by atoms with E-state index in [2.05, 4.69) is 122 Å². The van der Waals surface area contributed by atoms with Gasteiger partial charge in [0.25, 0.3) is 0 Å². The average Bonchev–Trinajstić information content (AvgIpc) is 3.13. The van der Waals surface area contributed by atoms with E-state index in [1.165, 1.54) is 11.1 Å². The van der Waals surface area contributed by atoms with Crippen molar-refractivity contribution in [3.8, 4) is 11.5 Å². The highest BCUT2D eigenvalue weighted by Crippen LogP contribution is 2.32. The zero-order valence-corrected chi connectivity index (χ0v) is 27.8. The summed E-state index contributed by atoms with van der Waals surface area (Å²) in [7, 11) is 0. The second-order valence-corrected chi connectivity index (χ2v) is 11.6. The number of rotatable bonds is 12. The molecule has 0 heterocycles. The maximum Gasteiger partial charge on any atom is 0.335 e. The third-order valence-electron chi connectivity index (χ3n) is 8.52. The summed E-state index contributed by atoms with van der Waals surface area (Å²) in [4.78, 5) is 27.7. The molecule has 0 unspecified atom stereocenters. The van der Waals surface area contributed by atoms with Crippen LogP contribution in [0.25, 0.3) is 21.5 Å². The van der Waals surface area contributed by atoms with Gasteiger partial charge in [0.1, 0.15) is 11.5 Å². The van der Waals surface area contributed by atoms with E-state index < -0.39 is 11.9 Å². The first-order valence-corrected chi connectivity index (χ1v) is 16.4. The summed E-state index contributed by atoms with van der Waals surface area (Å²) in [6.45, 7) is 12.8. The van der Waals surface area contributed by atoms with Crippen LogP contribution >= 0.6 is 0 Å². The maximum atomic E-state index is 11.6. The second-order valence-electron chi connectivity index (χ2n) is 11.6. The third kappa shape index (κ3) is 7.55. The molecule has 6 heteroatoms. The van der Waals surface area contributed by atoms with Gasteiger partial charge >= 0.3 is 11.9 Å². The molecule has 6 aromatic rings. The number of anilines is 4. The van der Waals surface area contributed by atoms with Crippen molar-refractivity contribution in [3.63, 3.8) is 0 Å². The van der Waals surface area contributed by atoms with E-state index in [0.29, 0.717) is 11.5 Å². The Bertz CT molecular complexity index is 2000. The highest BCUT2D eigenvalue weighted by atomic mass is 16.5. The minimum absolute atomic E-state index is 0.471. The highest BCUT2D eigenvalue weighted by Gasteiger charge is 2.12. The number of benzene rings is 6. The van der Waals surface area contributed by atoms with Gasteiger partial charge in [0.2, 0.25) is 0 Å². The van der Waals surface area contributed by atoms with Crippen LogP contribution in [-0.4, -0.2) is 25.0 Å². The molecule has 0 saturated heterocycles. The lowest BCUT2D eigenvalue weighted by Crippen LogP contribution is -2.16. The second kappa shape index (κ2) is 14.7. The van der Waals surface area contributed by atoms with Crippen LogP contribution in [0.4, 0.5) is 22.7 Å². The molecule has 244 valence electrons. The summed E-state index contributed by atoms with van der Waals surface area (Å²) in [5.41, 5.74) is 6.93. The van der Waals surface area contributed by atoms with Crippen LogP contribution in [0, 0.1) is 0 Å². The van der Waals surface area contributed by atoms with Crippen molar-refractivity contribution >= 4 is 56.2 Å². The summed E-state index contributed by atoms with van der Waals surface area (Å²) in [5.74, 6) is 0.0618. The van der Waals surface area contributed by atoms with Gasteiger partial charge in [-0.3, -0.25) is 0 Å². The van der Waals surface area contributed by atoms with Crippen LogP contribution in [0.2, 0.25) is 0 Å². The Morgan fingerprint density at radius 1 is 0.510 bits per heavy atom. The summed E-state index contributed by atoms with van der Waals surface area (Å²) >= 11 is 0. The fraction of sp³-hybridized carbons (Fsp3) is 0.116. The molecule has 0 amide bonds. The van der Waals surface area contributed by atoms with E-state index in [1.54, 1.807) is 12.1 Å². The van der Waals surface area contributed by atoms with E-state index in [0.717, 1.165) is 76.0 Å². The zero-order valence-electron chi connectivity index (χ0n) is 27.8. The fourth-order valence-electron chi connectivity index (χ4n) is 6.05. The summed E-state index contributed by atoms with van der Waals surface area (Å²) in [5, 5.41) is 4.13. The van der Waals surface area contributed by atoms with Gasteiger partial charge in [-0.05, 0) is 126 Å². The number of hydrogen-bond acceptors (Lipinski definition) is 6. The van der Waals surface area contributed by atoms with Gasteiger partial charge in [0.15, 0.2) is 0 Å². The Hall–Kier alpha value is -6.14. The fourth-order valence-corrected chi connectivity index (χ4v) is 6.05. The predicted octanol–water partition coefficient (Wildman–Crippen LogP) is 10.1. The van der Waals surface area contributed by atoms with E-state index in [1.807, 2.05) is 24.3 Å². The monoisotopic (exact) mass is 646 g/mol. The first kappa shape index (κ1) is 32.8. The van der Waals surface area contributed by atoms with Gasteiger partial charge in [-0.2, -0.15) is 0 Å². The number of fused-ring (bicyclic) bond motifs is 2. The molecule has 6 aromatic carbocycles. The van der Waals surface area contributed by atoms with E-state index in [4.69, 9.17) is 9.47 Å². The number of nitrogens with zero attached hydrogens (tertiary/aromatic N) is 2. The van der Waals surface area contributed by atoms with Crippen molar-refractivity contribution in [1.29, 1.82) is 0 Å². The van der Waals surface area contributed by atoms with Crippen LogP contribution in [0.5, 0.6) is 11.5 Å². The lowest BCUT2D eigenvalue weighted by atomic mass is 10.0. The lowest BCUT2D eigenvalue weighted by Gasteiger charge is -2.24. The third-order valence-corrected chi connectivity index (χ3v) is 8.52. The number of ether oxygens (including phenoxy) is 2. The van der Waals surface area contributed by atoms with Crippen molar-refractivity contribution in [3.05, 3.63) is 158 Å². The Balaban J connectivity index is 1.13. The van der Waals surface area contributed by atoms with Crippen molar-refractivity contribution in [1.82, 2.24) is 0 Å². The molecule has 0 aliphatic carbocycles. The lowest BCUT2D eigenvalue weighted by molar-refractivity contribution is -0.129. The molecule has 6 nitrogen and oxygen atoms in total. The van der Waals surface area contributed by atoms with Crippen molar-refractivity contribution in [2.24, 2.45) is 0 Å². The molecule has 0 saturated carbocycles. The Labute approximate surface area is 287 Å². The topological polar surface area (TPSA) is 59.1 Å². The molecule has 0 aromatic heterocycles. The number of carbonyl (C=O) groups excluding carboxylic acids is 2. The van der Waals surface area contributed by atoms with Gasteiger partial charge in [0, 0.05) is 48.0 Å². The highest BCUT2D eigenvalue weighted by molar-refractivity contribution is 5.91. The molecule has 0 atom stereocenters. The summed E-state index contributed by atoms with van der Waals surface area (Å²) in [6.07, 6.45) is 3.16. The minimum atomic E-state index is -0.471. The maximum absolute atomic E-state index is 11.6. The molecule has 0 bridgehead atoms. The van der Waals surface area contributed by atoms with Crippen LogP contribution in [0.1, 0.15) is 25.0 Å². The molecule has 0 fully saturated rings. The standard InChI is InChI=1S/C43H38N2O4/c1-5-42(46)48-40-23-15-32-26-38(21-13-34(32)28-40)44(7-3)36-17-9-30(10-18-36)25-31-11-19-37(20-12-31)45(8-4)39-22-14-35-29-41(49-43(47)6-2)24-16-33(35)27-39/h5-6,9-24,26-29H,1-2,7-8,25H2,3-4H3. The summed E-state index contributed by atoms with van der Waals surface area (Å²) < 4.78 is 10.6. The van der Waals surface area contributed by atoms with Crippen molar-refractivity contribution in [2.75, 3.05) is 22.9 Å². The average molecular weight is 647 g/mol. The molecule has 0 spiro atoms. The van der Waals surface area contributed by atoms with Gasteiger partial charge < -0.3 is 19.3 Å². The number of hydrogen-bond donors (Lipinski definition) is 0. The molecule has 0 aliphatic heterocycles. The first-order chi connectivity index (χ1) is 23.9. The molecule has 0 aliphatic rings. The van der Waals surface area contributed by atoms with Gasteiger partial charge in [-0.25, -0.2) is 9.59 Å². The zero-order chi connectivity index (χ0) is 34.3. The Kier molecular flexibility index (Phi) is 9.86. The molecule has 49 heavy (non-hydrogen) atoms. The minimum Gasteiger partial charge on any atom is -0.423 e. The first-order valence-electron chi connectivity index (χ1n) is 16.4. The molecular formula is C43H38N2O4. The summed E-state index contributed by atoms with van der Waals surface area (Å²) in [6, 6.07) is 41.4. The largest absolute Gasteiger partial charge is 0.423 e. The van der Waals surface area contributed by atoms with Gasteiger partial charge in [0.05, 0.1) is 0 Å². The Morgan fingerprint density at radius 2 is 0.857 bits per heavy atom. The van der Waals surface area contributed by atoms with E-state index >= 15 is 0 Å². The van der Waals surface area contributed by atoms with Gasteiger partial charge in [-0.15, -0.1) is 0 Å². The van der Waals surface area contributed by atoms with E-state index in [9.17, 15) is 9.59 Å². The van der Waals surface area contributed by atoms with E-state index in [-0.39, 0.29) is 0 Å². The van der Waals surface area contributed by atoms with Crippen LogP contribution in [-0.2, 0) is 16.0 Å². The molecule has 0 radical (unpaired) electrons. The number of carbonyl (C=O) groups is 2. The van der Waals surface area contributed by atoms with Crippen molar-refractivity contribution < 1.29 is 19.1 Å². The molecular weight excluding hydrogens is 608 g/mol. The van der Waals surface area contributed by atoms with Crippen molar-refractivity contribution in [2.45, 2.75) is 20.3 Å². The SMILES string of the molecule is C=CC(=O)Oc1ccc2cc(N(CC)c3ccc(Cc4ccc(N(CC)c5ccc6cc(OC(=O)C=C)ccc6c5)cc4)cc3)ccc2c1. The predicted molar refractivity (Wildman–Crippen MR) is 201 cm³/mol. The molecule has 0 N–H and O–H groups in total. The van der Waals surface area contributed by atoms with Gasteiger partial charge in [-0.1, -0.05) is 61.7 Å². The van der Waals surface area contributed by atoms with Crippen LogP contribution in [0.3, 0.4) is 0 Å². The smallest absolute Gasteiger partial charge is 0.335 e. The Morgan fingerprint density at radius 3 is 1.22 bits per heavy atom.